The molecule has 0 fully saturated rings. The molecule has 1 aromatic heterocycles. The molecule has 2 heterocycles. The van der Waals surface area contributed by atoms with Crippen LogP contribution in [0.2, 0.25) is 0 Å². The smallest absolute Gasteiger partial charge is 0.368 e. The molecule has 2 unspecified atom stereocenters. The van der Waals surface area contributed by atoms with Gasteiger partial charge in [0.2, 0.25) is 5.72 Å². The van der Waals surface area contributed by atoms with E-state index in [-0.39, 0.29) is 18.7 Å². The van der Waals surface area contributed by atoms with Crippen LogP contribution in [0.4, 0.5) is 13.2 Å². The van der Waals surface area contributed by atoms with Crippen LogP contribution in [0.3, 0.4) is 0 Å². The molecule has 1 aromatic rings. The Labute approximate surface area is 132 Å². The fourth-order valence-corrected chi connectivity index (χ4v) is 2.53. The third kappa shape index (κ3) is 4.07. The number of aromatic amines is 1. The van der Waals surface area contributed by atoms with Crippen molar-refractivity contribution in [2.24, 2.45) is 5.92 Å². The van der Waals surface area contributed by atoms with Crippen LogP contribution in [-0.4, -0.2) is 35.3 Å². The van der Waals surface area contributed by atoms with Gasteiger partial charge in [0.15, 0.2) is 0 Å². The van der Waals surface area contributed by atoms with Crippen molar-refractivity contribution in [2.45, 2.75) is 44.9 Å². The first-order chi connectivity index (χ1) is 10.6. The van der Waals surface area contributed by atoms with E-state index in [4.69, 9.17) is 4.74 Å². The summed E-state index contributed by atoms with van der Waals surface area (Å²) in [6.45, 7) is 3.13. The summed E-state index contributed by atoms with van der Waals surface area (Å²) in [5.74, 6) is -0.306. The van der Waals surface area contributed by atoms with E-state index in [2.05, 4.69) is 15.6 Å². The number of rotatable bonds is 6. The van der Waals surface area contributed by atoms with Crippen molar-refractivity contribution in [1.82, 2.24) is 15.6 Å². The highest BCUT2D eigenvalue weighted by molar-refractivity contribution is 5.38. The van der Waals surface area contributed by atoms with Crippen LogP contribution >= 0.6 is 0 Å². The van der Waals surface area contributed by atoms with Gasteiger partial charge in [0.1, 0.15) is 6.23 Å². The molecule has 2 atom stereocenters. The maximum Gasteiger partial charge on any atom is 0.430 e. The van der Waals surface area contributed by atoms with Gasteiger partial charge < -0.3 is 20.1 Å². The molecule has 0 radical (unpaired) electrons. The van der Waals surface area contributed by atoms with E-state index in [0.717, 1.165) is 10.6 Å². The number of hydrogen-bond acceptors (Lipinski definition) is 4. The molecule has 23 heavy (non-hydrogen) atoms. The number of nitrogens with one attached hydrogen (secondary N) is 3. The lowest BCUT2D eigenvalue weighted by molar-refractivity contribution is -0.279. The van der Waals surface area contributed by atoms with E-state index in [0.29, 0.717) is 5.69 Å². The highest BCUT2D eigenvalue weighted by Gasteiger charge is 2.53. The Bertz CT molecular complexity index is 654. The summed E-state index contributed by atoms with van der Waals surface area (Å²) in [5, 5.41) is 16.8. The summed E-state index contributed by atoms with van der Waals surface area (Å²) in [6.07, 6.45) is -1.92. The predicted molar refractivity (Wildman–Crippen MR) is 80.2 cm³/mol. The first-order valence-electron chi connectivity index (χ1n) is 7.37. The third-order valence-corrected chi connectivity index (χ3v) is 3.65. The zero-order chi connectivity index (χ0) is 17.3. The average Bonchev–Trinajstić information content (AvgIpc) is 2.85. The predicted octanol–water partition coefficient (Wildman–Crippen LogP) is 0.495. The molecule has 1 aliphatic rings. The van der Waals surface area contributed by atoms with Gasteiger partial charge in [-0.2, -0.15) is 13.2 Å². The Kier molecular flexibility index (Phi) is 5.07. The van der Waals surface area contributed by atoms with Gasteiger partial charge in [0.25, 0.3) is 0 Å². The fraction of sp³-hybridized carbons (Fsp3) is 0.600. The van der Waals surface area contributed by atoms with Gasteiger partial charge in [0.05, 0.1) is 0 Å². The molecule has 2 rings (SSSR count). The van der Waals surface area contributed by atoms with Crippen molar-refractivity contribution in [3.8, 4) is 0 Å². The fourth-order valence-electron chi connectivity index (χ4n) is 2.53. The molecular formula is C15H22F3N3O2. The van der Waals surface area contributed by atoms with Crippen molar-refractivity contribution in [3.05, 3.63) is 22.3 Å². The molecular weight excluding hydrogens is 311 g/mol. The number of hydrogen-bond donors (Lipinski definition) is 4. The van der Waals surface area contributed by atoms with Crippen molar-refractivity contribution in [3.63, 3.8) is 0 Å². The lowest BCUT2D eigenvalue weighted by atomic mass is 9.99. The Morgan fingerprint density at radius 1 is 1.39 bits per heavy atom. The molecule has 0 aromatic carbocycles. The van der Waals surface area contributed by atoms with Crippen molar-refractivity contribution < 1.29 is 23.0 Å². The minimum atomic E-state index is -4.75. The normalized spacial score (nSPS) is 20.3. The lowest BCUT2D eigenvalue weighted by Gasteiger charge is -2.32. The summed E-state index contributed by atoms with van der Waals surface area (Å²) >= 11 is 0. The van der Waals surface area contributed by atoms with E-state index in [9.17, 15) is 18.3 Å². The van der Waals surface area contributed by atoms with Crippen LogP contribution in [0.1, 0.15) is 26.0 Å². The van der Waals surface area contributed by atoms with E-state index in [1.165, 1.54) is 0 Å². The van der Waals surface area contributed by atoms with Crippen LogP contribution in [0, 0.1) is 5.92 Å². The van der Waals surface area contributed by atoms with Crippen LogP contribution in [0.15, 0.2) is 6.07 Å². The summed E-state index contributed by atoms with van der Waals surface area (Å²) in [5.41, 5.74) is -2.36. The standard InChI is InChI=1S/C15H22F3N3O2/c1-9(2)6-14(22,15(16,17)18)20-8-11-4-10-7-19-13(23-3)5-12(10)21-11/h4-5,7,9,13,19-22H,6,8H2,1-3H3. The second-order valence-electron chi connectivity index (χ2n) is 6.11. The molecule has 0 saturated carbocycles. The largest absolute Gasteiger partial charge is 0.430 e. The second kappa shape index (κ2) is 6.54. The second-order valence-corrected chi connectivity index (χ2v) is 6.11. The molecule has 1 aliphatic heterocycles. The minimum Gasteiger partial charge on any atom is -0.368 e. The minimum absolute atomic E-state index is 0.130. The summed E-state index contributed by atoms with van der Waals surface area (Å²) in [6, 6.07) is 1.73. The number of fused-ring (bicyclic) bond motifs is 1. The van der Waals surface area contributed by atoms with Crippen LogP contribution in [-0.2, 0) is 11.3 Å². The number of halogens is 3. The number of ether oxygens (including phenoxy) is 1. The molecule has 0 bridgehead atoms. The number of methoxy groups -OCH3 is 1. The molecule has 130 valence electrons. The maximum absolute atomic E-state index is 13.1. The molecule has 0 aliphatic carbocycles. The highest BCUT2D eigenvalue weighted by atomic mass is 19.4. The van der Waals surface area contributed by atoms with Gasteiger partial charge in [0, 0.05) is 42.5 Å². The topological polar surface area (TPSA) is 69.3 Å². The Morgan fingerprint density at radius 3 is 2.65 bits per heavy atom. The van der Waals surface area contributed by atoms with Crippen LogP contribution in [0.5, 0.6) is 0 Å². The first-order valence-corrected chi connectivity index (χ1v) is 7.37. The van der Waals surface area contributed by atoms with Gasteiger partial charge >= 0.3 is 6.18 Å². The monoisotopic (exact) mass is 333 g/mol. The van der Waals surface area contributed by atoms with E-state index in [1.54, 1.807) is 39.3 Å². The molecule has 0 amide bonds. The van der Waals surface area contributed by atoms with Gasteiger partial charge in [-0.1, -0.05) is 13.8 Å². The van der Waals surface area contributed by atoms with E-state index < -0.39 is 18.3 Å². The van der Waals surface area contributed by atoms with E-state index >= 15 is 0 Å². The van der Waals surface area contributed by atoms with Crippen molar-refractivity contribution in [1.29, 1.82) is 0 Å². The highest BCUT2D eigenvalue weighted by Crippen LogP contribution is 2.33. The number of aromatic nitrogens is 1. The Hall–Kier alpha value is -1.51. The van der Waals surface area contributed by atoms with Crippen LogP contribution in [0.25, 0.3) is 12.3 Å². The number of aliphatic hydroxyl groups is 1. The number of H-pyrrole nitrogens is 1. The van der Waals surface area contributed by atoms with E-state index in [1.807, 2.05) is 0 Å². The zero-order valence-corrected chi connectivity index (χ0v) is 13.3. The lowest BCUT2D eigenvalue weighted by Crippen LogP contribution is -2.57. The third-order valence-electron chi connectivity index (χ3n) is 3.65. The van der Waals surface area contributed by atoms with Gasteiger partial charge in [-0.25, -0.2) is 0 Å². The van der Waals surface area contributed by atoms with Crippen molar-refractivity contribution >= 4 is 12.3 Å². The Morgan fingerprint density at radius 2 is 2.09 bits per heavy atom. The molecule has 0 saturated heterocycles. The zero-order valence-electron chi connectivity index (χ0n) is 13.3. The van der Waals surface area contributed by atoms with Crippen molar-refractivity contribution in [2.75, 3.05) is 7.11 Å². The van der Waals surface area contributed by atoms with Crippen LogP contribution < -0.4 is 21.2 Å². The molecule has 8 heteroatoms. The molecule has 0 spiro atoms. The number of alkyl halides is 3. The SMILES string of the molecule is COC1C=c2[nH]c(CNC(O)(CC(C)C)C(F)(F)F)cc2=CN1. The average molecular weight is 333 g/mol. The van der Waals surface area contributed by atoms with Gasteiger partial charge in [-0.3, -0.25) is 5.32 Å². The summed E-state index contributed by atoms with van der Waals surface area (Å²) in [7, 11) is 1.55. The summed E-state index contributed by atoms with van der Waals surface area (Å²) in [4.78, 5) is 3.03. The molecule has 4 N–H and O–H groups in total. The first kappa shape index (κ1) is 17.8. The quantitative estimate of drug-likeness (QED) is 0.572. The summed E-state index contributed by atoms with van der Waals surface area (Å²) < 4.78 is 44.5. The molecule has 5 nitrogen and oxygen atoms in total. The maximum atomic E-state index is 13.1. The Balaban J connectivity index is 2.15. The van der Waals surface area contributed by atoms with Gasteiger partial charge in [-0.15, -0.1) is 0 Å². The van der Waals surface area contributed by atoms with Gasteiger partial charge in [-0.05, 0) is 18.1 Å².